The smallest absolute Gasteiger partial charge is 0.305 e. The summed E-state index contributed by atoms with van der Waals surface area (Å²) in [4.78, 5) is 11.3. The lowest BCUT2D eigenvalue weighted by Gasteiger charge is -2.39. The normalized spacial score (nSPS) is 13.5. The Labute approximate surface area is 214 Å². The lowest BCUT2D eigenvalue weighted by molar-refractivity contribution is -0.140. The van der Waals surface area contributed by atoms with Crippen molar-refractivity contribution < 1.29 is 14.0 Å². The van der Waals surface area contributed by atoms with Crippen LogP contribution in [0.3, 0.4) is 0 Å². The van der Waals surface area contributed by atoms with Gasteiger partial charge >= 0.3 is 5.97 Å². The number of rotatable bonds is 12. The van der Waals surface area contributed by atoms with E-state index in [2.05, 4.69) is 114 Å². The predicted octanol–water partition coefficient (Wildman–Crippen LogP) is 8.97. The second kappa shape index (κ2) is 13.6. The number of esters is 1. The monoisotopic (exact) mass is 492 g/mol. The number of allylic oxidation sites excluding steroid dienone is 2. The molecule has 0 fully saturated rings. The molecule has 0 aromatic heterocycles. The van der Waals surface area contributed by atoms with Gasteiger partial charge < -0.3 is 9.16 Å². The van der Waals surface area contributed by atoms with Crippen LogP contribution in [-0.4, -0.2) is 21.4 Å². The average Bonchev–Trinajstić information content (AvgIpc) is 2.82. The van der Waals surface area contributed by atoms with E-state index in [0.717, 1.165) is 31.2 Å². The van der Waals surface area contributed by atoms with Gasteiger partial charge in [0.05, 0.1) is 13.2 Å². The molecular weight excluding hydrogens is 448 g/mol. The first-order valence-corrected chi connectivity index (χ1v) is 15.8. The van der Waals surface area contributed by atoms with Crippen LogP contribution in [0.4, 0.5) is 0 Å². The summed E-state index contributed by atoms with van der Waals surface area (Å²) in [5.41, 5.74) is 4.71. The number of ether oxygens (including phenoxy) is 1. The van der Waals surface area contributed by atoms with Gasteiger partial charge in [0, 0.05) is 6.42 Å². The molecule has 2 aromatic carbocycles. The highest BCUT2D eigenvalue weighted by Crippen LogP contribution is 2.41. The molecule has 0 aliphatic carbocycles. The van der Waals surface area contributed by atoms with Crippen molar-refractivity contribution in [2.75, 3.05) is 7.11 Å². The van der Waals surface area contributed by atoms with Crippen molar-refractivity contribution in [3.05, 3.63) is 82.9 Å². The van der Waals surface area contributed by atoms with Crippen LogP contribution in [0.1, 0.15) is 88.2 Å². The molecule has 1 unspecified atom stereocenters. The van der Waals surface area contributed by atoms with Gasteiger partial charge in [0.1, 0.15) is 0 Å². The highest BCUT2D eigenvalue weighted by Gasteiger charge is 2.39. The van der Waals surface area contributed by atoms with Gasteiger partial charge in [-0.15, -0.1) is 0 Å². The van der Waals surface area contributed by atoms with Gasteiger partial charge in [-0.25, -0.2) is 0 Å². The number of unbranched alkanes of at least 4 members (excludes halogenated alkanes) is 2. The van der Waals surface area contributed by atoms with Gasteiger partial charge in [0.2, 0.25) is 0 Å². The topological polar surface area (TPSA) is 35.5 Å². The van der Waals surface area contributed by atoms with E-state index in [0.29, 0.717) is 6.42 Å². The van der Waals surface area contributed by atoms with Crippen molar-refractivity contribution >= 4 is 26.4 Å². The van der Waals surface area contributed by atoms with Crippen molar-refractivity contribution in [3.63, 3.8) is 0 Å². The molecule has 190 valence electrons. The zero-order chi connectivity index (χ0) is 25.9. The Morgan fingerprint density at radius 1 is 0.943 bits per heavy atom. The number of methoxy groups -OCH3 is 1. The van der Waals surface area contributed by atoms with Gasteiger partial charge in [0.15, 0.2) is 8.32 Å². The van der Waals surface area contributed by atoms with Gasteiger partial charge in [-0.1, -0.05) is 101 Å². The minimum Gasteiger partial charge on any atom is -0.469 e. The lowest BCUT2D eigenvalue weighted by atomic mass is 9.98. The van der Waals surface area contributed by atoms with E-state index in [-0.39, 0.29) is 17.1 Å². The molecule has 2 rings (SSSR count). The number of hydrogen-bond donors (Lipinski definition) is 0. The Hall–Kier alpha value is -2.43. The molecule has 4 heteroatoms. The fourth-order valence-corrected chi connectivity index (χ4v) is 4.69. The van der Waals surface area contributed by atoms with E-state index >= 15 is 0 Å². The van der Waals surface area contributed by atoms with Crippen LogP contribution in [0.25, 0.3) is 12.2 Å². The highest BCUT2D eigenvalue weighted by atomic mass is 28.4. The first-order chi connectivity index (χ1) is 16.6. The second-order valence-corrected chi connectivity index (χ2v) is 15.4. The van der Waals surface area contributed by atoms with Crippen molar-refractivity contribution in [1.29, 1.82) is 0 Å². The molecule has 0 radical (unpaired) electrons. The Kier molecular flexibility index (Phi) is 11.2. The van der Waals surface area contributed by atoms with E-state index in [4.69, 9.17) is 9.16 Å². The minimum absolute atomic E-state index is 0.114. The van der Waals surface area contributed by atoms with E-state index in [1.165, 1.54) is 23.8 Å². The van der Waals surface area contributed by atoms with E-state index in [1.807, 2.05) is 0 Å². The Bertz CT molecular complexity index is 981. The molecule has 35 heavy (non-hydrogen) atoms. The quantitative estimate of drug-likeness (QED) is 0.168. The fraction of sp³-hybridized carbons (Fsp3) is 0.452. The summed E-state index contributed by atoms with van der Waals surface area (Å²) < 4.78 is 11.7. The predicted molar refractivity (Wildman–Crippen MR) is 152 cm³/mol. The summed E-state index contributed by atoms with van der Waals surface area (Å²) in [6.07, 6.45) is 12.9. The molecule has 2 aromatic rings. The SMILES string of the molecule is CCC/C=C\c1ccc(C(O[Si](C)(C)C(C)(C)C)c2cccc(/C=C\CCCC(=O)OC)c2)cc1. The van der Waals surface area contributed by atoms with Crippen LogP contribution in [0.2, 0.25) is 18.1 Å². The first kappa shape index (κ1) is 28.8. The molecule has 0 amide bonds. The van der Waals surface area contributed by atoms with Gasteiger partial charge in [-0.05, 0) is 65.7 Å². The molecule has 0 spiro atoms. The van der Waals surface area contributed by atoms with E-state index < -0.39 is 8.32 Å². The van der Waals surface area contributed by atoms with Gasteiger partial charge in [-0.2, -0.15) is 0 Å². The minimum atomic E-state index is -2.02. The van der Waals surface area contributed by atoms with Crippen LogP contribution in [0.5, 0.6) is 0 Å². The summed E-state index contributed by atoms with van der Waals surface area (Å²) in [6.45, 7) is 13.7. The van der Waals surface area contributed by atoms with Gasteiger partial charge in [0.25, 0.3) is 0 Å². The Balaban J connectivity index is 2.30. The maximum absolute atomic E-state index is 11.3. The third-order valence-corrected chi connectivity index (χ3v) is 11.2. The zero-order valence-corrected chi connectivity index (χ0v) is 23.8. The van der Waals surface area contributed by atoms with Crippen LogP contribution >= 0.6 is 0 Å². The molecule has 0 saturated heterocycles. The molecule has 0 saturated carbocycles. The number of benzene rings is 2. The van der Waals surface area contributed by atoms with Crippen LogP contribution in [-0.2, 0) is 14.0 Å². The Morgan fingerprint density at radius 2 is 1.60 bits per heavy atom. The molecule has 3 nitrogen and oxygen atoms in total. The molecule has 0 aliphatic heterocycles. The standard InChI is InChI=1S/C31H44O3Si/c1-8-9-11-15-25-20-22-27(23-21-25)30(34-35(6,7)31(2,3)4)28-18-14-17-26(24-28)16-12-10-13-19-29(32)33-5/h11-12,14-18,20-24,30H,8-10,13,19H2,1-7H3/b15-11-,16-12-. The van der Waals surface area contributed by atoms with E-state index in [1.54, 1.807) is 0 Å². The zero-order valence-electron chi connectivity index (χ0n) is 22.8. The van der Waals surface area contributed by atoms with Crippen molar-refractivity contribution in [2.24, 2.45) is 0 Å². The lowest BCUT2D eigenvalue weighted by Crippen LogP contribution is -2.42. The van der Waals surface area contributed by atoms with Crippen molar-refractivity contribution in [2.45, 2.75) is 84.0 Å². The van der Waals surface area contributed by atoms with Crippen LogP contribution < -0.4 is 0 Å². The summed E-state index contributed by atoms with van der Waals surface area (Å²) in [7, 11) is -0.584. The third-order valence-electron chi connectivity index (χ3n) is 6.73. The van der Waals surface area contributed by atoms with Crippen molar-refractivity contribution in [3.8, 4) is 0 Å². The van der Waals surface area contributed by atoms with Gasteiger partial charge in [-0.3, -0.25) is 4.79 Å². The molecular formula is C31H44O3Si. The maximum atomic E-state index is 11.3. The number of hydrogen-bond acceptors (Lipinski definition) is 3. The summed E-state index contributed by atoms with van der Waals surface area (Å²) in [6, 6.07) is 17.4. The second-order valence-electron chi connectivity index (χ2n) is 10.7. The highest BCUT2D eigenvalue weighted by molar-refractivity contribution is 6.74. The number of carbonyl (C=O) groups is 1. The Morgan fingerprint density at radius 3 is 2.23 bits per heavy atom. The average molecular weight is 493 g/mol. The summed E-state index contributed by atoms with van der Waals surface area (Å²) in [5.74, 6) is -0.155. The first-order valence-electron chi connectivity index (χ1n) is 12.8. The molecule has 0 N–H and O–H groups in total. The maximum Gasteiger partial charge on any atom is 0.305 e. The summed E-state index contributed by atoms with van der Waals surface area (Å²) >= 11 is 0. The van der Waals surface area contributed by atoms with Crippen LogP contribution in [0, 0.1) is 0 Å². The molecule has 1 atom stereocenters. The van der Waals surface area contributed by atoms with Crippen molar-refractivity contribution in [1.82, 2.24) is 0 Å². The number of carbonyl (C=O) groups excluding carboxylic acids is 1. The van der Waals surface area contributed by atoms with E-state index in [9.17, 15) is 4.79 Å². The fourth-order valence-electron chi connectivity index (χ4n) is 3.48. The third kappa shape index (κ3) is 9.27. The molecule has 0 bridgehead atoms. The summed E-state index contributed by atoms with van der Waals surface area (Å²) in [5, 5.41) is 0.116. The molecule has 0 aliphatic rings. The largest absolute Gasteiger partial charge is 0.469 e. The van der Waals surface area contributed by atoms with Crippen LogP contribution in [0.15, 0.2) is 60.7 Å². The molecule has 0 heterocycles.